The van der Waals surface area contributed by atoms with Crippen LogP contribution in [-0.2, 0) is 9.84 Å². The Morgan fingerprint density at radius 3 is 2.53 bits per heavy atom. The minimum Gasteiger partial charge on any atom is -0.340 e. The fourth-order valence-corrected chi connectivity index (χ4v) is 6.56. The van der Waals surface area contributed by atoms with Crippen molar-refractivity contribution in [3.63, 3.8) is 0 Å². The van der Waals surface area contributed by atoms with Gasteiger partial charge in [0, 0.05) is 35.0 Å². The zero-order chi connectivity index (χ0) is 20.2. The largest absolute Gasteiger partial charge is 0.340 e. The van der Waals surface area contributed by atoms with Gasteiger partial charge < -0.3 is 10.2 Å². The van der Waals surface area contributed by atoms with E-state index in [1.807, 2.05) is 24.3 Å². The molecule has 1 N–H and O–H groups in total. The summed E-state index contributed by atoms with van der Waals surface area (Å²) in [5, 5.41) is 3.44. The van der Waals surface area contributed by atoms with E-state index in [1.165, 1.54) is 5.56 Å². The lowest BCUT2D eigenvalue weighted by atomic mass is 9.88. The second-order valence-electron chi connectivity index (χ2n) is 8.13. The van der Waals surface area contributed by atoms with E-state index in [1.54, 1.807) is 11.1 Å². The van der Waals surface area contributed by atoms with Crippen LogP contribution in [0.15, 0.2) is 34.9 Å². The van der Waals surface area contributed by atoms with Crippen molar-refractivity contribution < 1.29 is 13.2 Å². The van der Waals surface area contributed by atoms with E-state index in [9.17, 15) is 13.2 Å². The summed E-state index contributed by atoms with van der Waals surface area (Å²) in [6, 6.07) is 7.96. The van der Waals surface area contributed by atoms with Crippen LogP contribution in [0.4, 0.5) is 11.5 Å². The predicted octanol–water partition coefficient (Wildman–Crippen LogP) is 4.24. The molecule has 0 spiro atoms. The van der Waals surface area contributed by atoms with Crippen LogP contribution >= 0.6 is 28.3 Å². The molecule has 2 aromatic rings. The van der Waals surface area contributed by atoms with Gasteiger partial charge in [0.1, 0.15) is 5.82 Å². The first-order valence-electron chi connectivity index (χ1n) is 9.96. The van der Waals surface area contributed by atoms with Gasteiger partial charge in [0.15, 0.2) is 9.84 Å². The lowest BCUT2D eigenvalue weighted by molar-refractivity contribution is 0.0768. The first kappa shape index (κ1) is 21.6. The number of carbonyl (C=O) groups excluding carboxylic acids is 1. The predicted molar refractivity (Wildman–Crippen MR) is 123 cm³/mol. The average molecular weight is 513 g/mol. The van der Waals surface area contributed by atoms with Crippen LogP contribution in [0.5, 0.6) is 0 Å². The fourth-order valence-electron chi connectivity index (χ4n) is 4.96. The Kier molecular flexibility index (Phi) is 5.85. The first-order valence-corrected chi connectivity index (χ1v) is 12.6. The number of pyridine rings is 1. The van der Waals surface area contributed by atoms with Crippen molar-refractivity contribution in [3.05, 3.63) is 51.6 Å². The van der Waals surface area contributed by atoms with Gasteiger partial charge in [-0.25, -0.2) is 13.4 Å². The lowest BCUT2D eigenvalue weighted by Gasteiger charge is -2.29. The zero-order valence-electron chi connectivity index (χ0n) is 16.3. The quantitative estimate of drug-likeness (QED) is 0.665. The van der Waals surface area contributed by atoms with Crippen molar-refractivity contribution in [2.45, 2.75) is 31.1 Å². The highest BCUT2D eigenvalue weighted by Gasteiger charge is 2.42. The minimum atomic E-state index is -3.02. The average Bonchev–Trinajstić information content (AvgIpc) is 3.30. The van der Waals surface area contributed by atoms with Crippen LogP contribution in [-0.4, -0.2) is 48.8 Å². The van der Waals surface area contributed by atoms with Crippen molar-refractivity contribution in [1.82, 2.24) is 9.88 Å². The molecule has 1 saturated heterocycles. The molecule has 2 atom stereocenters. The number of sulfone groups is 1. The van der Waals surface area contributed by atoms with Gasteiger partial charge in [-0.3, -0.25) is 4.79 Å². The van der Waals surface area contributed by atoms with Gasteiger partial charge >= 0.3 is 0 Å². The lowest BCUT2D eigenvalue weighted by Crippen LogP contribution is -2.44. The van der Waals surface area contributed by atoms with Crippen LogP contribution in [0.3, 0.4) is 0 Å². The molecule has 1 amide bonds. The Morgan fingerprint density at radius 2 is 1.83 bits per heavy atom. The second kappa shape index (κ2) is 8.13. The van der Waals surface area contributed by atoms with E-state index in [-0.39, 0.29) is 42.9 Å². The molecule has 1 aromatic carbocycles. The number of aromatic nitrogens is 1. The fraction of sp³-hybridized carbons (Fsp3) is 0.429. The summed E-state index contributed by atoms with van der Waals surface area (Å²) >= 11 is 3.50. The molecule has 0 radical (unpaired) electrons. The highest BCUT2D eigenvalue weighted by Crippen LogP contribution is 2.56. The molecule has 2 heterocycles. The number of nitrogens with zero attached hydrogens (tertiary/aromatic N) is 2. The third kappa shape index (κ3) is 3.85. The summed E-state index contributed by atoms with van der Waals surface area (Å²) in [5.74, 6) is 1.68. The van der Waals surface area contributed by atoms with E-state index < -0.39 is 9.84 Å². The highest BCUT2D eigenvalue weighted by molar-refractivity contribution is 9.10. The van der Waals surface area contributed by atoms with Gasteiger partial charge in [-0.05, 0) is 54.9 Å². The van der Waals surface area contributed by atoms with Crippen molar-refractivity contribution >= 4 is 55.6 Å². The Labute approximate surface area is 190 Å². The Bertz CT molecular complexity index is 1090. The molecule has 2 unspecified atom stereocenters. The summed E-state index contributed by atoms with van der Waals surface area (Å²) in [4.78, 5) is 19.5. The van der Waals surface area contributed by atoms with E-state index in [2.05, 4.69) is 26.2 Å². The minimum absolute atomic E-state index is 0. The molecule has 6 nitrogen and oxygen atoms in total. The SMILES string of the molecule is Cl.O=C(c1cnc(Nc2cccc(Br)c2)c2c1C1CCC2C1)N1CCS(=O)(=O)CC1. The smallest absolute Gasteiger partial charge is 0.255 e. The number of fused-ring (bicyclic) bond motifs is 5. The summed E-state index contributed by atoms with van der Waals surface area (Å²) < 4.78 is 24.4. The van der Waals surface area contributed by atoms with E-state index >= 15 is 0 Å². The topological polar surface area (TPSA) is 79.4 Å². The summed E-state index contributed by atoms with van der Waals surface area (Å²) in [6.45, 7) is 0.532. The molecule has 2 aliphatic carbocycles. The molecule has 2 bridgehead atoms. The van der Waals surface area contributed by atoms with Gasteiger partial charge in [0.2, 0.25) is 0 Å². The van der Waals surface area contributed by atoms with Crippen LogP contribution in [0.1, 0.15) is 52.6 Å². The van der Waals surface area contributed by atoms with Gasteiger partial charge in [-0.15, -0.1) is 12.4 Å². The van der Waals surface area contributed by atoms with Gasteiger partial charge in [0.25, 0.3) is 5.91 Å². The van der Waals surface area contributed by atoms with Crippen LogP contribution < -0.4 is 5.32 Å². The standard InChI is InChI=1S/C21H22BrN3O3S.ClH/c22-15-2-1-3-16(11-15)24-20-19-14-5-4-13(10-14)18(19)17(12-23-20)21(26)25-6-8-29(27,28)9-7-25;/h1-3,11-14H,4-10H2,(H,23,24);1H. The van der Waals surface area contributed by atoms with Gasteiger partial charge in [0.05, 0.1) is 17.1 Å². The number of nitrogens with one attached hydrogen (secondary N) is 1. The summed E-state index contributed by atoms with van der Waals surface area (Å²) in [7, 11) is -3.02. The Balaban J connectivity index is 0.00000218. The molecular weight excluding hydrogens is 490 g/mol. The number of anilines is 2. The number of halogens is 2. The molecular formula is C21H23BrClN3O3S. The van der Waals surface area contributed by atoms with Crippen LogP contribution in [0.25, 0.3) is 0 Å². The molecule has 5 rings (SSSR count). The maximum Gasteiger partial charge on any atom is 0.255 e. The number of rotatable bonds is 3. The maximum absolute atomic E-state index is 13.2. The number of amides is 1. The van der Waals surface area contributed by atoms with Crippen molar-refractivity contribution in [2.24, 2.45) is 0 Å². The highest BCUT2D eigenvalue weighted by atomic mass is 79.9. The molecule has 160 valence electrons. The van der Waals surface area contributed by atoms with E-state index in [0.29, 0.717) is 17.4 Å². The van der Waals surface area contributed by atoms with Gasteiger partial charge in [-0.1, -0.05) is 22.0 Å². The molecule has 30 heavy (non-hydrogen) atoms. The molecule has 3 aliphatic rings. The molecule has 2 fully saturated rings. The molecule has 1 saturated carbocycles. The second-order valence-corrected chi connectivity index (χ2v) is 11.4. The van der Waals surface area contributed by atoms with Crippen LogP contribution in [0, 0.1) is 0 Å². The number of hydrogen-bond acceptors (Lipinski definition) is 5. The summed E-state index contributed by atoms with van der Waals surface area (Å²) in [6.07, 6.45) is 4.99. The molecule has 1 aliphatic heterocycles. The van der Waals surface area contributed by atoms with E-state index in [0.717, 1.165) is 40.8 Å². The Hall–Kier alpha value is -1.64. The third-order valence-electron chi connectivity index (χ3n) is 6.36. The monoisotopic (exact) mass is 511 g/mol. The van der Waals surface area contributed by atoms with Crippen molar-refractivity contribution in [3.8, 4) is 0 Å². The first-order chi connectivity index (χ1) is 13.9. The van der Waals surface area contributed by atoms with Gasteiger partial charge in [-0.2, -0.15) is 0 Å². The third-order valence-corrected chi connectivity index (χ3v) is 8.46. The van der Waals surface area contributed by atoms with Crippen molar-refractivity contribution in [1.29, 1.82) is 0 Å². The number of carbonyl (C=O) groups is 1. The van der Waals surface area contributed by atoms with Crippen molar-refractivity contribution in [2.75, 3.05) is 29.9 Å². The number of hydrogen-bond donors (Lipinski definition) is 1. The number of benzene rings is 1. The normalized spacial score (nSPS) is 23.6. The summed E-state index contributed by atoms with van der Waals surface area (Å²) in [5.41, 5.74) is 3.92. The van der Waals surface area contributed by atoms with Crippen LogP contribution in [0.2, 0.25) is 0 Å². The molecule has 9 heteroatoms. The Morgan fingerprint density at radius 1 is 1.13 bits per heavy atom. The maximum atomic E-state index is 13.2. The van der Waals surface area contributed by atoms with E-state index in [4.69, 9.17) is 0 Å². The molecule has 1 aromatic heterocycles. The zero-order valence-corrected chi connectivity index (χ0v) is 19.5.